The maximum Gasteiger partial charge on any atom is 0.165 e. The zero-order valence-electron chi connectivity index (χ0n) is 9.91. The van der Waals surface area contributed by atoms with Gasteiger partial charge < -0.3 is 10.1 Å². The molecule has 18 heavy (non-hydrogen) atoms. The molecule has 0 aliphatic carbocycles. The van der Waals surface area contributed by atoms with Crippen molar-refractivity contribution in [3.63, 3.8) is 0 Å². The summed E-state index contributed by atoms with van der Waals surface area (Å²) in [5.74, 6) is -1.11. The van der Waals surface area contributed by atoms with Crippen LogP contribution in [0.3, 0.4) is 0 Å². The molecular weight excluding hydrogens is 236 g/mol. The minimum atomic E-state index is -0.860. The molecule has 0 heterocycles. The number of hydrogen-bond acceptors (Lipinski definition) is 2. The van der Waals surface area contributed by atoms with E-state index >= 15 is 0 Å². The Hall–Kier alpha value is -2.10. The smallest absolute Gasteiger partial charge is 0.165 e. The van der Waals surface area contributed by atoms with E-state index in [1.807, 2.05) is 19.2 Å². The summed E-state index contributed by atoms with van der Waals surface area (Å²) in [5.41, 5.74) is 1.16. The molecule has 0 saturated carbocycles. The van der Waals surface area contributed by atoms with E-state index in [1.165, 1.54) is 12.1 Å². The second-order valence-electron chi connectivity index (χ2n) is 3.78. The minimum Gasteiger partial charge on any atom is -0.489 e. The Morgan fingerprint density at radius 3 is 2.44 bits per heavy atom. The summed E-state index contributed by atoms with van der Waals surface area (Å²) >= 11 is 0. The van der Waals surface area contributed by atoms with E-state index < -0.39 is 11.6 Å². The standard InChI is InChI=1S/C14H13F2NO/c1-17-11-5-7-12(8-6-11)18-9-10-3-2-4-13(15)14(10)16/h2-8,17H,9H2,1H3. The van der Waals surface area contributed by atoms with Crippen LogP contribution in [-0.4, -0.2) is 7.05 Å². The van der Waals surface area contributed by atoms with Crippen molar-refractivity contribution in [1.82, 2.24) is 0 Å². The van der Waals surface area contributed by atoms with Crippen LogP contribution >= 0.6 is 0 Å². The highest BCUT2D eigenvalue weighted by Gasteiger charge is 2.07. The normalized spacial score (nSPS) is 10.2. The molecule has 2 aromatic carbocycles. The van der Waals surface area contributed by atoms with Gasteiger partial charge in [-0.25, -0.2) is 8.78 Å². The SMILES string of the molecule is CNc1ccc(OCc2cccc(F)c2F)cc1. The molecule has 2 aromatic rings. The predicted octanol–water partition coefficient (Wildman–Crippen LogP) is 3.59. The molecule has 0 fully saturated rings. The fraction of sp³-hybridized carbons (Fsp3) is 0.143. The van der Waals surface area contributed by atoms with E-state index in [2.05, 4.69) is 5.32 Å². The Kier molecular flexibility index (Phi) is 3.77. The van der Waals surface area contributed by atoms with Crippen LogP contribution in [0.5, 0.6) is 5.75 Å². The summed E-state index contributed by atoms with van der Waals surface area (Å²) in [6.07, 6.45) is 0. The van der Waals surface area contributed by atoms with Crippen LogP contribution in [0.1, 0.15) is 5.56 Å². The lowest BCUT2D eigenvalue weighted by atomic mass is 10.2. The van der Waals surface area contributed by atoms with Crippen molar-refractivity contribution in [2.45, 2.75) is 6.61 Å². The molecule has 0 amide bonds. The van der Waals surface area contributed by atoms with E-state index in [-0.39, 0.29) is 12.2 Å². The van der Waals surface area contributed by atoms with Gasteiger partial charge in [-0.05, 0) is 30.3 Å². The average Bonchev–Trinajstić information content (AvgIpc) is 2.41. The fourth-order valence-corrected chi connectivity index (χ4v) is 1.54. The summed E-state index contributed by atoms with van der Waals surface area (Å²) < 4.78 is 31.7. The number of hydrogen-bond donors (Lipinski definition) is 1. The van der Waals surface area contributed by atoms with Gasteiger partial charge in [0, 0.05) is 18.3 Å². The molecule has 2 rings (SSSR count). The molecular formula is C14H13F2NO. The molecule has 0 unspecified atom stereocenters. The number of halogens is 2. The molecule has 0 radical (unpaired) electrons. The van der Waals surface area contributed by atoms with Crippen molar-refractivity contribution >= 4 is 5.69 Å². The van der Waals surface area contributed by atoms with Gasteiger partial charge in [-0.3, -0.25) is 0 Å². The van der Waals surface area contributed by atoms with E-state index in [0.717, 1.165) is 11.8 Å². The third-order valence-electron chi connectivity index (χ3n) is 2.57. The zero-order chi connectivity index (χ0) is 13.0. The highest BCUT2D eigenvalue weighted by atomic mass is 19.2. The first-order valence-electron chi connectivity index (χ1n) is 5.54. The quantitative estimate of drug-likeness (QED) is 0.894. The fourth-order valence-electron chi connectivity index (χ4n) is 1.54. The van der Waals surface area contributed by atoms with E-state index in [1.54, 1.807) is 12.1 Å². The van der Waals surface area contributed by atoms with Gasteiger partial charge in [0.15, 0.2) is 11.6 Å². The van der Waals surface area contributed by atoms with Crippen LogP contribution in [0.2, 0.25) is 0 Å². The molecule has 0 saturated heterocycles. The first-order chi connectivity index (χ1) is 8.70. The van der Waals surface area contributed by atoms with Crippen LogP contribution in [0.25, 0.3) is 0 Å². The Morgan fingerprint density at radius 1 is 1.06 bits per heavy atom. The maximum atomic E-state index is 13.4. The Balaban J connectivity index is 2.04. The van der Waals surface area contributed by atoms with Gasteiger partial charge in [0.1, 0.15) is 12.4 Å². The maximum absolute atomic E-state index is 13.4. The monoisotopic (exact) mass is 249 g/mol. The molecule has 0 spiro atoms. The Morgan fingerprint density at radius 2 is 1.78 bits per heavy atom. The van der Waals surface area contributed by atoms with Crippen molar-refractivity contribution in [3.05, 3.63) is 59.7 Å². The molecule has 4 heteroatoms. The van der Waals surface area contributed by atoms with E-state index in [0.29, 0.717) is 5.75 Å². The highest BCUT2D eigenvalue weighted by molar-refractivity contribution is 5.45. The van der Waals surface area contributed by atoms with Gasteiger partial charge in [-0.15, -0.1) is 0 Å². The van der Waals surface area contributed by atoms with E-state index in [9.17, 15) is 8.78 Å². The molecule has 2 nitrogen and oxygen atoms in total. The lowest BCUT2D eigenvalue weighted by molar-refractivity contribution is 0.297. The predicted molar refractivity (Wildman–Crippen MR) is 66.7 cm³/mol. The number of ether oxygens (including phenoxy) is 1. The molecule has 1 N–H and O–H groups in total. The van der Waals surface area contributed by atoms with Crippen LogP contribution in [0.15, 0.2) is 42.5 Å². The molecule has 0 bridgehead atoms. The number of anilines is 1. The lowest BCUT2D eigenvalue weighted by Gasteiger charge is -2.08. The van der Waals surface area contributed by atoms with Gasteiger partial charge in [-0.1, -0.05) is 12.1 Å². The minimum absolute atomic E-state index is 0.00247. The summed E-state index contributed by atoms with van der Waals surface area (Å²) in [4.78, 5) is 0. The van der Waals surface area contributed by atoms with Gasteiger partial charge in [0.25, 0.3) is 0 Å². The Bertz CT molecular complexity index is 526. The van der Waals surface area contributed by atoms with Gasteiger partial charge in [0.2, 0.25) is 0 Å². The van der Waals surface area contributed by atoms with Gasteiger partial charge >= 0.3 is 0 Å². The van der Waals surface area contributed by atoms with Crippen LogP contribution in [0, 0.1) is 11.6 Å². The summed E-state index contributed by atoms with van der Waals surface area (Å²) in [6.45, 7) is 0.00247. The van der Waals surface area contributed by atoms with Crippen LogP contribution in [-0.2, 0) is 6.61 Å². The first-order valence-corrected chi connectivity index (χ1v) is 5.54. The largest absolute Gasteiger partial charge is 0.489 e. The van der Waals surface area contributed by atoms with Crippen LogP contribution in [0.4, 0.5) is 14.5 Å². The van der Waals surface area contributed by atoms with Crippen molar-refractivity contribution in [1.29, 1.82) is 0 Å². The zero-order valence-corrected chi connectivity index (χ0v) is 9.91. The summed E-state index contributed by atoms with van der Waals surface area (Å²) in [7, 11) is 1.82. The topological polar surface area (TPSA) is 21.3 Å². The summed E-state index contributed by atoms with van der Waals surface area (Å²) in [5, 5.41) is 2.98. The number of rotatable bonds is 4. The third-order valence-corrected chi connectivity index (χ3v) is 2.57. The van der Waals surface area contributed by atoms with Gasteiger partial charge in [0.05, 0.1) is 0 Å². The van der Waals surface area contributed by atoms with Crippen LogP contribution < -0.4 is 10.1 Å². The lowest BCUT2D eigenvalue weighted by Crippen LogP contribution is -2.00. The van der Waals surface area contributed by atoms with E-state index in [4.69, 9.17) is 4.74 Å². The van der Waals surface area contributed by atoms with Crippen molar-refractivity contribution in [2.75, 3.05) is 12.4 Å². The second-order valence-corrected chi connectivity index (χ2v) is 3.78. The second kappa shape index (κ2) is 5.49. The molecule has 0 aliphatic rings. The molecule has 0 aromatic heterocycles. The van der Waals surface area contributed by atoms with Gasteiger partial charge in [-0.2, -0.15) is 0 Å². The molecule has 0 aliphatic heterocycles. The summed E-state index contributed by atoms with van der Waals surface area (Å²) in [6, 6.07) is 11.3. The molecule has 0 atom stereocenters. The molecule has 94 valence electrons. The first kappa shape index (κ1) is 12.4. The average molecular weight is 249 g/mol. The van der Waals surface area contributed by atoms with Crippen molar-refractivity contribution in [3.8, 4) is 5.75 Å². The van der Waals surface area contributed by atoms with Crippen molar-refractivity contribution < 1.29 is 13.5 Å². The number of nitrogens with one attached hydrogen (secondary N) is 1. The highest BCUT2D eigenvalue weighted by Crippen LogP contribution is 2.18. The number of benzene rings is 2. The third kappa shape index (κ3) is 2.77. The van der Waals surface area contributed by atoms with Crippen molar-refractivity contribution in [2.24, 2.45) is 0 Å². The Labute approximate surface area is 104 Å².